The van der Waals surface area contributed by atoms with Gasteiger partial charge in [0.25, 0.3) is 0 Å². The SMILES string of the molecule is N#Cc1ccc(N(CC(=O)O)C2CC2)c(F)c1. The number of rotatable bonds is 4. The molecule has 0 aliphatic heterocycles. The standard InChI is InChI=1S/C12H11FN2O2/c13-10-5-8(6-14)1-4-11(10)15(7-12(16)17)9-2-3-9/h1,4-5,9H,2-3,7H2,(H,16,17). The Bertz CT molecular complexity index is 492. The quantitative estimate of drug-likeness (QED) is 0.862. The van der Waals surface area contributed by atoms with E-state index >= 15 is 0 Å². The lowest BCUT2D eigenvalue weighted by atomic mass is 10.2. The van der Waals surface area contributed by atoms with Crippen LogP contribution in [0.5, 0.6) is 0 Å². The van der Waals surface area contributed by atoms with Gasteiger partial charge >= 0.3 is 5.97 Å². The third kappa shape index (κ3) is 2.53. The molecule has 0 heterocycles. The predicted octanol–water partition coefficient (Wildman–Crippen LogP) is 1.75. The fraction of sp³-hybridized carbons (Fsp3) is 0.333. The van der Waals surface area contributed by atoms with E-state index in [9.17, 15) is 9.18 Å². The number of nitrogens with zero attached hydrogens (tertiary/aromatic N) is 2. The number of benzene rings is 1. The van der Waals surface area contributed by atoms with Gasteiger partial charge in [-0.3, -0.25) is 4.79 Å². The summed E-state index contributed by atoms with van der Waals surface area (Å²) < 4.78 is 13.7. The normalized spacial score (nSPS) is 14.1. The molecule has 1 aromatic rings. The summed E-state index contributed by atoms with van der Waals surface area (Å²) in [5, 5.41) is 17.4. The highest BCUT2D eigenvalue weighted by molar-refractivity contribution is 5.74. The molecule has 0 radical (unpaired) electrons. The summed E-state index contributed by atoms with van der Waals surface area (Å²) in [6.07, 6.45) is 1.76. The van der Waals surface area contributed by atoms with E-state index in [0.717, 1.165) is 18.9 Å². The zero-order valence-corrected chi connectivity index (χ0v) is 9.06. The van der Waals surface area contributed by atoms with Gasteiger partial charge in [-0.25, -0.2) is 4.39 Å². The van der Waals surface area contributed by atoms with Crippen molar-refractivity contribution in [2.24, 2.45) is 0 Å². The molecule has 17 heavy (non-hydrogen) atoms. The minimum Gasteiger partial charge on any atom is -0.480 e. The van der Waals surface area contributed by atoms with Crippen molar-refractivity contribution in [3.8, 4) is 6.07 Å². The largest absolute Gasteiger partial charge is 0.480 e. The first-order valence-corrected chi connectivity index (χ1v) is 5.30. The van der Waals surface area contributed by atoms with Crippen molar-refractivity contribution >= 4 is 11.7 Å². The Morgan fingerprint density at radius 2 is 2.29 bits per heavy atom. The first-order chi connectivity index (χ1) is 8.11. The van der Waals surface area contributed by atoms with Crippen LogP contribution in [-0.2, 0) is 4.79 Å². The van der Waals surface area contributed by atoms with E-state index in [-0.39, 0.29) is 23.8 Å². The number of anilines is 1. The summed E-state index contributed by atoms with van der Waals surface area (Å²) in [6.45, 7) is -0.215. The van der Waals surface area contributed by atoms with E-state index in [4.69, 9.17) is 10.4 Å². The Morgan fingerprint density at radius 1 is 1.59 bits per heavy atom. The summed E-state index contributed by atoms with van der Waals surface area (Å²) in [4.78, 5) is 12.3. The molecule has 0 atom stereocenters. The van der Waals surface area contributed by atoms with Crippen LogP contribution >= 0.6 is 0 Å². The van der Waals surface area contributed by atoms with E-state index < -0.39 is 11.8 Å². The van der Waals surface area contributed by atoms with Crippen molar-refractivity contribution in [3.05, 3.63) is 29.6 Å². The first kappa shape index (κ1) is 11.4. The molecule has 1 aliphatic carbocycles. The molecule has 5 heteroatoms. The van der Waals surface area contributed by atoms with Crippen molar-refractivity contribution in [1.29, 1.82) is 5.26 Å². The highest BCUT2D eigenvalue weighted by atomic mass is 19.1. The number of carboxylic acid groups (broad SMARTS) is 1. The van der Waals surface area contributed by atoms with Crippen LogP contribution < -0.4 is 4.90 Å². The molecule has 1 saturated carbocycles. The molecule has 0 saturated heterocycles. The monoisotopic (exact) mass is 234 g/mol. The van der Waals surface area contributed by atoms with Crippen LogP contribution in [0.25, 0.3) is 0 Å². The van der Waals surface area contributed by atoms with Crippen LogP contribution in [0.1, 0.15) is 18.4 Å². The van der Waals surface area contributed by atoms with Gasteiger partial charge in [0.05, 0.1) is 17.3 Å². The number of hydrogen-bond acceptors (Lipinski definition) is 3. The maximum atomic E-state index is 13.7. The van der Waals surface area contributed by atoms with Crippen molar-refractivity contribution in [2.45, 2.75) is 18.9 Å². The van der Waals surface area contributed by atoms with Gasteiger partial charge < -0.3 is 10.0 Å². The van der Waals surface area contributed by atoms with Gasteiger partial charge in [0.15, 0.2) is 0 Å². The number of aliphatic carboxylic acids is 1. The second-order valence-electron chi connectivity index (χ2n) is 4.03. The predicted molar refractivity (Wildman–Crippen MR) is 59.1 cm³/mol. The molecule has 4 nitrogen and oxygen atoms in total. The lowest BCUT2D eigenvalue weighted by molar-refractivity contribution is -0.135. The molecular weight excluding hydrogens is 223 g/mol. The molecule has 0 bridgehead atoms. The van der Waals surface area contributed by atoms with Crippen LogP contribution in [0, 0.1) is 17.1 Å². The second kappa shape index (κ2) is 4.42. The summed E-state index contributed by atoms with van der Waals surface area (Å²) in [5.74, 6) is -1.53. The summed E-state index contributed by atoms with van der Waals surface area (Å²) in [6, 6.07) is 6.04. The van der Waals surface area contributed by atoms with E-state index in [1.807, 2.05) is 6.07 Å². The van der Waals surface area contributed by atoms with Crippen LogP contribution in [0.2, 0.25) is 0 Å². The highest BCUT2D eigenvalue weighted by Gasteiger charge is 2.32. The third-order valence-electron chi connectivity index (χ3n) is 2.68. The summed E-state index contributed by atoms with van der Waals surface area (Å²) in [7, 11) is 0. The Balaban J connectivity index is 2.29. The molecule has 1 fully saturated rings. The maximum Gasteiger partial charge on any atom is 0.323 e. The third-order valence-corrected chi connectivity index (χ3v) is 2.68. The van der Waals surface area contributed by atoms with E-state index in [0.29, 0.717) is 0 Å². The smallest absolute Gasteiger partial charge is 0.323 e. The first-order valence-electron chi connectivity index (χ1n) is 5.30. The average molecular weight is 234 g/mol. The number of carbonyl (C=O) groups is 1. The van der Waals surface area contributed by atoms with Gasteiger partial charge in [-0.2, -0.15) is 5.26 Å². The zero-order chi connectivity index (χ0) is 12.4. The minimum atomic E-state index is -0.986. The number of carboxylic acids is 1. The van der Waals surface area contributed by atoms with Gasteiger partial charge in [0.2, 0.25) is 0 Å². The van der Waals surface area contributed by atoms with E-state index in [1.165, 1.54) is 12.1 Å². The van der Waals surface area contributed by atoms with Gasteiger partial charge in [-0.05, 0) is 31.0 Å². The molecular formula is C12H11FN2O2. The molecule has 0 amide bonds. The van der Waals surface area contributed by atoms with Crippen LogP contribution in [0.3, 0.4) is 0 Å². The van der Waals surface area contributed by atoms with Gasteiger partial charge in [0, 0.05) is 6.04 Å². The van der Waals surface area contributed by atoms with Crippen molar-refractivity contribution in [3.63, 3.8) is 0 Å². The molecule has 1 aromatic carbocycles. The summed E-state index contributed by atoms with van der Waals surface area (Å²) in [5.41, 5.74) is 0.492. The molecule has 2 rings (SSSR count). The second-order valence-corrected chi connectivity index (χ2v) is 4.03. The molecule has 0 unspecified atom stereocenters. The van der Waals surface area contributed by atoms with Crippen LogP contribution in [0.15, 0.2) is 18.2 Å². The Kier molecular flexibility index (Phi) is 2.96. The molecule has 88 valence electrons. The average Bonchev–Trinajstić information content (AvgIpc) is 3.09. The van der Waals surface area contributed by atoms with Gasteiger partial charge in [-0.15, -0.1) is 0 Å². The fourth-order valence-electron chi connectivity index (χ4n) is 1.75. The maximum absolute atomic E-state index is 13.7. The Labute approximate surface area is 97.9 Å². The lowest BCUT2D eigenvalue weighted by Gasteiger charge is -2.22. The van der Waals surface area contributed by atoms with E-state index in [2.05, 4.69) is 0 Å². The Morgan fingerprint density at radius 3 is 2.76 bits per heavy atom. The number of nitriles is 1. The van der Waals surface area contributed by atoms with Crippen LogP contribution in [0.4, 0.5) is 10.1 Å². The van der Waals surface area contributed by atoms with Crippen molar-refractivity contribution < 1.29 is 14.3 Å². The summed E-state index contributed by atoms with van der Waals surface area (Å²) >= 11 is 0. The molecule has 1 aliphatic rings. The lowest BCUT2D eigenvalue weighted by Crippen LogP contribution is -2.32. The topological polar surface area (TPSA) is 64.3 Å². The zero-order valence-electron chi connectivity index (χ0n) is 9.06. The molecule has 0 spiro atoms. The number of halogens is 1. The van der Waals surface area contributed by atoms with Gasteiger partial charge in [0.1, 0.15) is 12.4 Å². The fourth-order valence-corrected chi connectivity index (χ4v) is 1.75. The number of hydrogen-bond donors (Lipinski definition) is 1. The van der Waals surface area contributed by atoms with Crippen molar-refractivity contribution in [1.82, 2.24) is 0 Å². The minimum absolute atomic E-state index is 0.105. The Hall–Kier alpha value is -2.09. The van der Waals surface area contributed by atoms with Crippen molar-refractivity contribution in [2.75, 3.05) is 11.4 Å². The van der Waals surface area contributed by atoms with Gasteiger partial charge in [-0.1, -0.05) is 0 Å². The molecule has 1 N–H and O–H groups in total. The van der Waals surface area contributed by atoms with Crippen LogP contribution in [-0.4, -0.2) is 23.7 Å². The molecule has 0 aromatic heterocycles. The van der Waals surface area contributed by atoms with E-state index in [1.54, 1.807) is 4.90 Å². The highest BCUT2D eigenvalue weighted by Crippen LogP contribution is 2.33.